The van der Waals surface area contributed by atoms with E-state index in [1.54, 1.807) is 6.20 Å². The van der Waals surface area contributed by atoms with E-state index in [-0.39, 0.29) is 5.78 Å². The Hall–Kier alpha value is -3.41. The molecule has 1 atom stereocenters. The maximum Gasteiger partial charge on any atom is 0.352 e. The lowest BCUT2D eigenvalue weighted by Crippen LogP contribution is -2.20. The van der Waals surface area contributed by atoms with Crippen LogP contribution >= 0.6 is 0 Å². The van der Waals surface area contributed by atoms with Crippen molar-refractivity contribution in [3.05, 3.63) is 83.2 Å². The molecule has 0 N–H and O–H groups in total. The smallest absolute Gasteiger partial charge is 0.288 e. The zero-order valence-electron chi connectivity index (χ0n) is 16.2. The molecule has 29 heavy (non-hydrogen) atoms. The molecule has 4 rings (SSSR count). The number of fused-ring (bicyclic) bond motifs is 1. The summed E-state index contributed by atoms with van der Waals surface area (Å²) in [4.78, 5) is 33.4. The van der Waals surface area contributed by atoms with Gasteiger partial charge >= 0.3 is 5.97 Å². The van der Waals surface area contributed by atoms with Crippen LogP contribution in [0, 0.1) is 5.92 Å². The van der Waals surface area contributed by atoms with Gasteiger partial charge in [0.05, 0.1) is 11.8 Å². The zero-order chi connectivity index (χ0) is 20.2. The fraction of sp³-hybridized carbons (Fsp3) is 0.261. The quantitative estimate of drug-likeness (QED) is 0.364. The number of ketones is 1. The van der Waals surface area contributed by atoms with Crippen molar-refractivity contribution < 1.29 is 19.4 Å². The van der Waals surface area contributed by atoms with E-state index in [0.717, 1.165) is 31.4 Å². The fourth-order valence-electron chi connectivity index (χ4n) is 3.79. The van der Waals surface area contributed by atoms with Crippen LogP contribution in [0.15, 0.2) is 60.9 Å². The van der Waals surface area contributed by atoms with Crippen LogP contribution in [-0.2, 0) is 29.1 Å². The Kier molecular flexibility index (Phi) is 5.42. The lowest BCUT2D eigenvalue weighted by molar-refractivity contribution is -0.211. The van der Waals surface area contributed by atoms with Crippen LogP contribution in [0.2, 0.25) is 0 Å². The number of aromatic nitrogens is 2. The Morgan fingerprint density at radius 1 is 1.10 bits per heavy atom. The maximum atomic E-state index is 12.6. The van der Waals surface area contributed by atoms with E-state index in [0.29, 0.717) is 22.8 Å². The third-order valence-electron chi connectivity index (χ3n) is 5.17. The number of carbonyl (C=O) groups is 2. The first kappa shape index (κ1) is 18.9. The molecule has 1 aromatic heterocycles. The summed E-state index contributed by atoms with van der Waals surface area (Å²) < 4.78 is 1.85. The highest BCUT2D eigenvalue weighted by Crippen LogP contribution is 2.33. The van der Waals surface area contributed by atoms with Gasteiger partial charge in [0.15, 0.2) is 11.5 Å². The third kappa shape index (κ3) is 4.37. The highest BCUT2D eigenvalue weighted by atomic mass is 17.2. The average Bonchev–Trinajstić information content (AvgIpc) is 3.20. The highest BCUT2D eigenvalue weighted by molar-refractivity contribution is 6.08. The monoisotopic (exact) mass is 390 g/mol. The van der Waals surface area contributed by atoms with Gasteiger partial charge in [0, 0.05) is 30.8 Å². The summed E-state index contributed by atoms with van der Waals surface area (Å²) in [6.07, 6.45) is 6.15. The molecule has 0 spiro atoms. The predicted octanol–water partition coefficient (Wildman–Crippen LogP) is 3.78. The Morgan fingerprint density at radius 2 is 1.93 bits per heavy atom. The molecule has 6 nitrogen and oxygen atoms in total. The minimum absolute atomic E-state index is 0.0156. The van der Waals surface area contributed by atoms with E-state index >= 15 is 0 Å². The molecule has 0 radical (unpaired) electrons. The molecule has 1 unspecified atom stereocenters. The van der Waals surface area contributed by atoms with Crippen molar-refractivity contribution in [2.75, 3.05) is 0 Å². The molecule has 0 saturated carbocycles. The van der Waals surface area contributed by atoms with Gasteiger partial charge in [0.25, 0.3) is 0 Å². The van der Waals surface area contributed by atoms with E-state index in [1.807, 2.05) is 53.3 Å². The summed E-state index contributed by atoms with van der Waals surface area (Å²) in [6.45, 7) is 2.06. The van der Waals surface area contributed by atoms with Gasteiger partial charge in [-0.25, -0.2) is 4.79 Å². The molecule has 2 aromatic carbocycles. The minimum atomic E-state index is -0.476. The third-order valence-corrected chi connectivity index (χ3v) is 5.17. The molecule has 3 aromatic rings. The van der Waals surface area contributed by atoms with E-state index in [1.165, 1.54) is 12.5 Å². The second-order valence-electron chi connectivity index (χ2n) is 7.31. The van der Waals surface area contributed by atoms with Gasteiger partial charge in [0.1, 0.15) is 0 Å². The van der Waals surface area contributed by atoms with Crippen LogP contribution in [0.3, 0.4) is 0 Å². The molecule has 1 heterocycles. The first-order chi connectivity index (χ1) is 14.1. The van der Waals surface area contributed by atoms with Crippen molar-refractivity contribution >= 4 is 11.8 Å². The van der Waals surface area contributed by atoms with Crippen molar-refractivity contribution in [2.24, 2.45) is 5.92 Å². The molecule has 6 heteroatoms. The van der Waals surface area contributed by atoms with Crippen molar-refractivity contribution in [1.82, 2.24) is 9.78 Å². The van der Waals surface area contributed by atoms with Crippen LogP contribution in [0.1, 0.15) is 40.4 Å². The molecule has 1 aliphatic rings. The van der Waals surface area contributed by atoms with Gasteiger partial charge < -0.3 is 0 Å². The first-order valence-electron chi connectivity index (χ1n) is 9.68. The van der Waals surface area contributed by atoms with E-state index in [9.17, 15) is 9.59 Å². The molecule has 148 valence electrons. The number of benzene rings is 2. The lowest BCUT2D eigenvalue weighted by atomic mass is 9.83. The second kappa shape index (κ2) is 8.31. The van der Waals surface area contributed by atoms with Gasteiger partial charge in [-0.15, -0.1) is 0 Å². The van der Waals surface area contributed by atoms with Gasteiger partial charge in [-0.3, -0.25) is 19.3 Å². The summed E-state index contributed by atoms with van der Waals surface area (Å²) in [7, 11) is 0. The summed E-state index contributed by atoms with van der Waals surface area (Å²) >= 11 is 0. The Morgan fingerprint density at radius 3 is 2.72 bits per heavy atom. The van der Waals surface area contributed by atoms with Crippen LogP contribution < -0.4 is 4.89 Å². The summed E-state index contributed by atoms with van der Waals surface area (Å²) in [5, 5.41) is 4.39. The number of hydrogen-bond donors (Lipinski definition) is 0. The summed E-state index contributed by atoms with van der Waals surface area (Å²) in [5.74, 6) is 0.519. The Bertz CT molecular complexity index is 1030. The van der Waals surface area contributed by atoms with Gasteiger partial charge in [-0.2, -0.15) is 5.10 Å². The van der Waals surface area contributed by atoms with Crippen molar-refractivity contribution in [1.29, 1.82) is 0 Å². The van der Waals surface area contributed by atoms with Gasteiger partial charge in [0.2, 0.25) is 0 Å². The van der Waals surface area contributed by atoms with Crippen molar-refractivity contribution in [2.45, 2.75) is 32.7 Å². The number of nitrogens with zero attached hydrogens (tertiary/aromatic N) is 2. The molecule has 0 bridgehead atoms. The molecule has 0 aliphatic heterocycles. The molecular weight excluding hydrogens is 368 g/mol. The standard InChI is InChI=1S/C23H22N2O4/c1-16(26)28-29-22-9-5-8-19-12-17(10-11-21(19)22)14-25-15-20(13-24-25)23(27)18-6-3-2-4-7-18/h2-9,13,15,17H,10-12,14H2,1H3. The second-order valence-corrected chi connectivity index (χ2v) is 7.31. The number of carbonyl (C=O) groups excluding carboxylic acids is 2. The predicted molar refractivity (Wildman–Crippen MR) is 106 cm³/mol. The number of rotatable bonds is 6. The molecule has 0 amide bonds. The Balaban J connectivity index is 1.42. The van der Waals surface area contributed by atoms with Crippen molar-refractivity contribution in [3.63, 3.8) is 0 Å². The summed E-state index contributed by atoms with van der Waals surface area (Å²) in [6, 6.07) is 15.0. The summed E-state index contributed by atoms with van der Waals surface area (Å²) in [5.41, 5.74) is 3.55. The van der Waals surface area contributed by atoms with Crippen molar-refractivity contribution in [3.8, 4) is 5.75 Å². The first-order valence-corrected chi connectivity index (χ1v) is 9.68. The minimum Gasteiger partial charge on any atom is -0.288 e. The van der Waals surface area contributed by atoms with Crippen LogP contribution in [0.4, 0.5) is 0 Å². The Labute approximate surface area is 169 Å². The van der Waals surface area contributed by atoms with Gasteiger partial charge in [-0.05, 0) is 36.8 Å². The van der Waals surface area contributed by atoms with Crippen LogP contribution in [-0.4, -0.2) is 21.5 Å². The lowest BCUT2D eigenvalue weighted by Gasteiger charge is -2.25. The molecular formula is C23H22N2O4. The molecule has 0 saturated heterocycles. The van der Waals surface area contributed by atoms with E-state index in [4.69, 9.17) is 9.78 Å². The SMILES string of the molecule is CC(=O)OOc1cccc2c1CCC(Cn1cc(C(=O)c3ccccc3)cn1)C2. The fourth-order valence-corrected chi connectivity index (χ4v) is 3.79. The maximum absolute atomic E-state index is 12.6. The average molecular weight is 390 g/mol. The highest BCUT2D eigenvalue weighted by Gasteiger charge is 2.23. The van der Waals surface area contributed by atoms with Crippen LogP contribution in [0.25, 0.3) is 0 Å². The van der Waals surface area contributed by atoms with Crippen LogP contribution in [0.5, 0.6) is 5.75 Å². The largest absolute Gasteiger partial charge is 0.352 e. The topological polar surface area (TPSA) is 70.4 Å². The zero-order valence-corrected chi connectivity index (χ0v) is 16.2. The molecule has 0 fully saturated rings. The molecule has 1 aliphatic carbocycles. The normalized spacial score (nSPS) is 15.4. The van der Waals surface area contributed by atoms with E-state index < -0.39 is 5.97 Å². The van der Waals surface area contributed by atoms with E-state index in [2.05, 4.69) is 11.2 Å². The number of hydrogen-bond acceptors (Lipinski definition) is 5. The van der Waals surface area contributed by atoms with Gasteiger partial charge in [-0.1, -0.05) is 42.5 Å².